The summed E-state index contributed by atoms with van der Waals surface area (Å²) in [7, 11) is 1.58. The number of benzene rings is 2. The van der Waals surface area contributed by atoms with Crippen molar-refractivity contribution in [1.29, 1.82) is 0 Å². The number of phenols is 1. The third-order valence-corrected chi connectivity index (χ3v) is 4.08. The van der Waals surface area contributed by atoms with E-state index in [-0.39, 0.29) is 17.6 Å². The van der Waals surface area contributed by atoms with Crippen LogP contribution in [-0.2, 0) is 6.54 Å². The van der Waals surface area contributed by atoms with Gasteiger partial charge in [-0.15, -0.1) is 0 Å². The Morgan fingerprint density at radius 1 is 1.29 bits per heavy atom. The van der Waals surface area contributed by atoms with Gasteiger partial charge in [-0.2, -0.15) is 0 Å². The van der Waals surface area contributed by atoms with Crippen LogP contribution in [0.2, 0.25) is 0 Å². The summed E-state index contributed by atoms with van der Waals surface area (Å²) in [6, 6.07) is 9.56. The predicted octanol–water partition coefficient (Wildman–Crippen LogP) is 4.15. The molecule has 0 fully saturated rings. The van der Waals surface area contributed by atoms with E-state index < -0.39 is 0 Å². The van der Waals surface area contributed by atoms with Gasteiger partial charge in [0.2, 0.25) is 0 Å². The standard InChI is InChI=1S/C16H17BrFNO2/c1-10(14-8-13(21-2)4-6-16(14)20)19-9-11-7-12(18)3-5-15(11)17/h3-8,10,19-20H,9H2,1-2H3. The first kappa shape index (κ1) is 15.8. The topological polar surface area (TPSA) is 41.5 Å². The summed E-state index contributed by atoms with van der Waals surface area (Å²) in [5.74, 6) is 0.615. The van der Waals surface area contributed by atoms with Crippen LogP contribution in [0.15, 0.2) is 40.9 Å². The first-order valence-corrected chi connectivity index (χ1v) is 7.34. The van der Waals surface area contributed by atoms with Gasteiger partial charge in [0.15, 0.2) is 0 Å². The second-order valence-electron chi connectivity index (χ2n) is 4.76. The third kappa shape index (κ3) is 3.95. The zero-order valence-electron chi connectivity index (χ0n) is 11.9. The number of phenolic OH excluding ortho intramolecular Hbond substituents is 1. The highest BCUT2D eigenvalue weighted by atomic mass is 79.9. The van der Waals surface area contributed by atoms with Crippen molar-refractivity contribution in [3.05, 3.63) is 57.8 Å². The Balaban J connectivity index is 2.11. The first-order chi connectivity index (χ1) is 10.0. The van der Waals surface area contributed by atoms with Crippen molar-refractivity contribution >= 4 is 15.9 Å². The Labute approximate surface area is 131 Å². The normalized spacial score (nSPS) is 12.2. The minimum Gasteiger partial charge on any atom is -0.508 e. The molecule has 0 amide bonds. The van der Waals surface area contributed by atoms with Crippen LogP contribution >= 0.6 is 15.9 Å². The van der Waals surface area contributed by atoms with Crippen LogP contribution in [0.1, 0.15) is 24.1 Å². The van der Waals surface area contributed by atoms with Gasteiger partial charge in [-0.25, -0.2) is 4.39 Å². The van der Waals surface area contributed by atoms with Crippen LogP contribution in [0, 0.1) is 5.82 Å². The molecule has 0 spiro atoms. The molecule has 0 saturated carbocycles. The average Bonchev–Trinajstić information content (AvgIpc) is 2.48. The largest absolute Gasteiger partial charge is 0.508 e. The van der Waals surface area contributed by atoms with Crippen molar-refractivity contribution in [3.63, 3.8) is 0 Å². The fraction of sp³-hybridized carbons (Fsp3) is 0.250. The molecule has 2 aromatic carbocycles. The van der Waals surface area contributed by atoms with Gasteiger partial charge < -0.3 is 15.2 Å². The predicted molar refractivity (Wildman–Crippen MR) is 84.0 cm³/mol. The van der Waals surface area contributed by atoms with E-state index in [1.165, 1.54) is 12.1 Å². The fourth-order valence-electron chi connectivity index (χ4n) is 2.06. The molecule has 0 aliphatic carbocycles. The van der Waals surface area contributed by atoms with Crippen molar-refractivity contribution in [2.24, 2.45) is 0 Å². The lowest BCUT2D eigenvalue weighted by Crippen LogP contribution is -2.18. The highest BCUT2D eigenvalue weighted by Gasteiger charge is 2.12. The maximum absolute atomic E-state index is 13.3. The van der Waals surface area contributed by atoms with Crippen molar-refractivity contribution in [2.75, 3.05) is 7.11 Å². The van der Waals surface area contributed by atoms with E-state index >= 15 is 0 Å². The van der Waals surface area contributed by atoms with Crippen LogP contribution in [-0.4, -0.2) is 12.2 Å². The molecule has 2 N–H and O–H groups in total. The van der Waals surface area contributed by atoms with E-state index in [9.17, 15) is 9.50 Å². The maximum atomic E-state index is 13.3. The van der Waals surface area contributed by atoms with Gasteiger partial charge in [0.05, 0.1) is 7.11 Å². The fourth-order valence-corrected chi connectivity index (χ4v) is 2.44. The number of aromatic hydroxyl groups is 1. The summed E-state index contributed by atoms with van der Waals surface area (Å²) >= 11 is 3.40. The highest BCUT2D eigenvalue weighted by Crippen LogP contribution is 2.28. The highest BCUT2D eigenvalue weighted by molar-refractivity contribution is 9.10. The zero-order chi connectivity index (χ0) is 15.4. The molecule has 2 rings (SSSR count). The molecule has 0 aromatic heterocycles. The number of hydrogen-bond donors (Lipinski definition) is 2. The quantitative estimate of drug-likeness (QED) is 0.848. The molecule has 5 heteroatoms. The molecule has 1 unspecified atom stereocenters. The third-order valence-electron chi connectivity index (χ3n) is 3.31. The number of rotatable bonds is 5. The number of methoxy groups -OCH3 is 1. The summed E-state index contributed by atoms with van der Waals surface area (Å²) in [5, 5.41) is 13.2. The van der Waals surface area contributed by atoms with Crippen LogP contribution in [0.25, 0.3) is 0 Å². The summed E-state index contributed by atoms with van der Waals surface area (Å²) in [5.41, 5.74) is 1.56. The van der Waals surface area contributed by atoms with E-state index in [0.717, 1.165) is 15.6 Å². The Morgan fingerprint density at radius 3 is 2.76 bits per heavy atom. The lowest BCUT2D eigenvalue weighted by molar-refractivity contribution is 0.407. The number of nitrogens with one attached hydrogen (secondary N) is 1. The van der Waals surface area contributed by atoms with E-state index in [4.69, 9.17) is 4.74 Å². The Kier molecular flexibility index (Phi) is 5.20. The molecule has 1 atom stereocenters. The van der Waals surface area contributed by atoms with E-state index in [0.29, 0.717) is 12.3 Å². The van der Waals surface area contributed by atoms with Gasteiger partial charge in [0, 0.05) is 22.6 Å². The van der Waals surface area contributed by atoms with Crippen molar-refractivity contribution < 1.29 is 14.2 Å². The van der Waals surface area contributed by atoms with Gasteiger partial charge in [-0.05, 0) is 48.9 Å². The lowest BCUT2D eigenvalue weighted by atomic mass is 10.1. The van der Waals surface area contributed by atoms with Crippen molar-refractivity contribution in [3.8, 4) is 11.5 Å². The Morgan fingerprint density at radius 2 is 2.05 bits per heavy atom. The SMILES string of the molecule is COc1ccc(O)c(C(C)NCc2cc(F)ccc2Br)c1. The number of halogens is 2. The van der Waals surface area contributed by atoms with Crippen molar-refractivity contribution in [2.45, 2.75) is 19.5 Å². The van der Waals surface area contributed by atoms with Crippen LogP contribution in [0.4, 0.5) is 4.39 Å². The molecule has 0 radical (unpaired) electrons. The average molecular weight is 354 g/mol. The van der Waals surface area contributed by atoms with Crippen LogP contribution in [0.5, 0.6) is 11.5 Å². The monoisotopic (exact) mass is 353 g/mol. The number of ether oxygens (including phenoxy) is 1. The van der Waals surface area contributed by atoms with E-state index in [1.807, 2.05) is 6.92 Å². The summed E-state index contributed by atoms with van der Waals surface area (Å²) in [4.78, 5) is 0. The molecule has 3 nitrogen and oxygen atoms in total. The van der Waals surface area contributed by atoms with Gasteiger partial charge in [-0.1, -0.05) is 15.9 Å². The molecule has 0 aliphatic rings. The first-order valence-electron chi connectivity index (χ1n) is 6.55. The lowest BCUT2D eigenvalue weighted by Gasteiger charge is -2.17. The molecular formula is C16H17BrFNO2. The molecule has 0 aliphatic heterocycles. The summed E-state index contributed by atoms with van der Waals surface area (Å²) in [6.45, 7) is 2.41. The molecule has 2 aromatic rings. The molecular weight excluding hydrogens is 337 g/mol. The summed E-state index contributed by atoms with van der Waals surface area (Å²) < 4.78 is 19.3. The second kappa shape index (κ2) is 6.91. The molecule has 112 valence electrons. The molecule has 0 saturated heterocycles. The molecule has 0 bridgehead atoms. The second-order valence-corrected chi connectivity index (χ2v) is 5.62. The van der Waals surface area contributed by atoms with E-state index in [2.05, 4.69) is 21.2 Å². The van der Waals surface area contributed by atoms with Gasteiger partial charge in [-0.3, -0.25) is 0 Å². The van der Waals surface area contributed by atoms with E-state index in [1.54, 1.807) is 31.4 Å². The van der Waals surface area contributed by atoms with Crippen LogP contribution < -0.4 is 10.1 Å². The zero-order valence-corrected chi connectivity index (χ0v) is 13.4. The molecule has 0 heterocycles. The number of hydrogen-bond acceptors (Lipinski definition) is 3. The smallest absolute Gasteiger partial charge is 0.123 e. The van der Waals surface area contributed by atoms with Gasteiger partial charge in [0.1, 0.15) is 17.3 Å². The van der Waals surface area contributed by atoms with Crippen molar-refractivity contribution in [1.82, 2.24) is 5.32 Å². The Hall–Kier alpha value is -1.59. The summed E-state index contributed by atoms with van der Waals surface area (Å²) in [6.07, 6.45) is 0. The minimum atomic E-state index is -0.271. The minimum absolute atomic E-state index is 0.102. The van der Waals surface area contributed by atoms with Crippen LogP contribution in [0.3, 0.4) is 0 Å². The maximum Gasteiger partial charge on any atom is 0.123 e. The Bertz CT molecular complexity index is 634. The molecule has 21 heavy (non-hydrogen) atoms. The van der Waals surface area contributed by atoms with Gasteiger partial charge in [0.25, 0.3) is 0 Å². The van der Waals surface area contributed by atoms with Gasteiger partial charge >= 0.3 is 0 Å².